The quantitative estimate of drug-likeness (QED) is 0.764. The highest BCUT2D eigenvalue weighted by molar-refractivity contribution is 5.13. The summed E-state index contributed by atoms with van der Waals surface area (Å²) in [5, 5.41) is 11.9. The van der Waals surface area contributed by atoms with Crippen molar-refractivity contribution in [3.05, 3.63) is 11.4 Å². The summed E-state index contributed by atoms with van der Waals surface area (Å²) in [5.74, 6) is 0. The predicted octanol–water partition coefficient (Wildman–Crippen LogP) is 0.0180. The second-order valence-corrected chi connectivity index (χ2v) is 4.87. The molecule has 2 aliphatic rings. The molecule has 1 unspecified atom stereocenters. The van der Waals surface area contributed by atoms with Gasteiger partial charge in [-0.3, -0.25) is 0 Å². The van der Waals surface area contributed by atoms with Crippen molar-refractivity contribution in [1.29, 1.82) is 0 Å². The van der Waals surface area contributed by atoms with Crippen LogP contribution >= 0.6 is 0 Å². The monoisotopic (exact) mass is 221 g/mol. The van der Waals surface area contributed by atoms with E-state index in [4.69, 9.17) is 0 Å². The van der Waals surface area contributed by atoms with Crippen LogP contribution in [0.3, 0.4) is 0 Å². The molecule has 3 heterocycles. The average molecular weight is 221 g/mol. The molecular formula is C11H19N5. The summed E-state index contributed by atoms with van der Waals surface area (Å²) in [6.45, 7) is 4.18. The molecule has 0 bridgehead atoms. The van der Waals surface area contributed by atoms with E-state index in [0.29, 0.717) is 6.04 Å². The molecule has 0 aliphatic carbocycles. The highest BCUT2D eigenvalue weighted by atomic mass is 15.4. The van der Waals surface area contributed by atoms with Crippen LogP contribution in [0.2, 0.25) is 0 Å². The molecule has 1 N–H and O–H groups in total. The lowest BCUT2D eigenvalue weighted by Crippen LogP contribution is -2.31. The van der Waals surface area contributed by atoms with E-state index >= 15 is 0 Å². The van der Waals surface area contributed by atoms with Crippen molar-refractivity contribution < 1.29 is 0 Å². The van der Waals surface area contributed by atoms with E-state index in [9.17, 15) is 0 Å². The molecule has 0 amide bonds. The second kappa shape index (κ2) is 4.14. The largest absolute Gasteiger partial charge is 0.311 e. The van der Waals surface area contributed by atoms with Crippen molar-refractivity contribution in [3.63, 3.8) is 0 Å². The number of hydrogen-bond donors (Lipinski definition) is 1. The molecule has 5 nitrogen and oxygen atoms in total. The van der Waals surface area contributed by atoms with Gasteiger partial charge in [-0.15, -0.1) is 5.10 Å². The third-order valence-electron chi connectivity index (χ3n) is 3.80. The van der Waals surface area contributed by atoms with Crippen molar-refractivity contribution in [2.45, 2.75) is 38.4 Å². The predicted molar refractivity (Wildman–Crippen MR) is 61.1 cm³/mol. The highest BCUT2D eigenvalue weighted by Crippen LogP contribution is 2.18. The topological polar surface area (TPSA) is 46.0 Å². The number of nitrogens with zero attached hydrogens (tertiary/aromatic N) is 4. The molecule has 16 heavy (non-hydrogen) atoms. The molecule has 1 aromatic rings. The highest BCUT2D eigenvalue weighted by Gasteiger charge is 2.24. The summed E-state index contributed by atoms with van der Waals surface area (Å²) in [7, 11) is 2.21. The molecule has 88 valence electrons. The third kappa shape index (κ3) is 1.74. The van der Waals surface area contributed by atoms with Crippen LogP contribution in [0, 0.1) is 0 Å². The summed E-state index contributed by atoms with van der Waals surface area (Å²) < 4.78 is 2.13. The van der Waals surface area contributed by atoms with Gasteiger partial charge in [0, 0.05) is 25.6 Å². The van der Waals surface area contributed by atoms with Crippen LogP contribution in [0.4, 0.5) is 0 Å². The molecule has 3 rings (SSSR count). The van der Waals surface area contributed by atoms with E-state index in [2.05, 4.69) is 32.3 Å². The lowest BCUT2D eigenvalue weighted by Gasteiger charge is -2.21. The summed E-state index contributed by atoms with van der Waals surface area (Å²) in [4.78, 5) is 2.44. The Balaban J connectivity index is 1.76. The van der Waals surface area contributed by atoms with Crippen LogP contribution in [0.15, 0.2) is 0 Å². The van der Waals surface area contributed by atoms with Gasteiger partial charge in [-0.2, -0.15) is 0 Å². The number of fused-ring (bicyclic) bond motifs is 1. The number of rotatable bonds is 2. The molecular weight excluding hydrogens is 202 g/mol. The molecule has 1 fully saturated rings. The maximum absolute atomic E-state index is 4.30. The Bertz CT molecular complexity index is 372. The minimum absolute atomic E-state index is 0.653. The Hall–Kier alpha value is -0.940. The Kier molecular flexibility index (Phi) is 2.65. The van der Waals surface area contributed by atoms with Crippen LogP contribution in [0.1, 0.15) is 24.2 Å². The summed E-state index contributed by atoms with van der Waals surface area (Å²) in [6.07, 6.45) is 3.68. The van der Waals surface area contributed by atoms with E-state index in [0.717, 1.165) is 31.7 Å². The lowest BCUT2D eigenvalue weighted by molar-refractivity contribution is 0.270. The van der Waals surface area contributed by atoms with Crippen LogP contribution in [-0.4, -0.2) is 46.1 Å². The minimum atomic E-state index is 0.653. The molecule has 1 aromatic heterocycles. The second-order valence-electron chi connectivity index (χ2n) is 4.87. The van der Waals surface area contributed by atoms with E-state index < -0.39 is 0 Å². The molecule has 0 spiro atoms. The number of nitrogens with one attached hydrogen (secondary N) is 1. The Morgan fingerprint density at radius 3 is 3.25 bits per heavy atom. The zero-order chi connectivity index (χ0) is 11.0. The Morgan fingerprint density at radius 1 is 1.50 bits per heavy atom. The van der Waals surface area contributed by atoms with Gasteiger partial charge in [-0.05, 0) is 26.4 Å². The van der Waals surface area contributed by atoms with Crippen molar-refractivity contribution >= 4 is 0 Å². The molecule has 5 heteroatoms. The SMILES string of the molecule is CN1CCCC1Cn1nnc2c1CCNC2. The third-order valence-corrected chi connectivity index (χ3v) is 3.80. The average Bonchev–Trinajstić information content (AvgIpc) is 2.88. The van der Waals surface area contributed by atoms with E-state index in [-0.39, 0.29) is 0 Å². The van der Waals surface area contributed by atoms with Gasteiger partial charge >= 0.3 is 0 Å². The van der Waals surface area contributed by atoms with E-state index in [1.807, 2.05) is 0 Å². The van der Waals surface area contributed by atoms with Crippen molar-refractivity contribution in [1.82, 2.24) is 25.2 Å². The summed E-state index contributed by atoms with van der Waals surface area (Å²) >= 11 is 0. The van der Waals surface area contributed by atoms with Gasteiger partial charge in [0.1, 0.15) is 0 Å². The van der Waals surface area contributed by atoms with E-state index in [1.54, 1.807) is 0 Å². The standard InChI is InChI=1S/C11H19N5/c1-15-6-2-3-9(15)8-16-11-4-5-12-7-10(11)13-14-16/h9,12H,2-8H2,1H3. The fourth-order valence-electron chi connectivity index (χ4n) is 2.75. The maximum Gasteiger partial charge on any atom is 0.0997 e. The first kappa shape index (κ1) is 10.2. The van der Waals surface area contributed by atoms with Gasteiger partial charge in [0.05, 0.1) is 17.9 Å². The molecule has 0 saturated carbocycles. The first-order chi connectivity index (χ1) is 7.84. The van der Waals surface area contributed by atoms with Crippen LogP contribution in [0.25, 0.3) is 0 Å². The number of likely N-dealkylation sites (tertiary alicyclic amines) is 1. The first-order valence-electron chi connectivity index (χ1n) is 6.17. The van der Waals surface area contributed by atoms with Gasteiger partial charge in [0.15, 0.2) is 0 Å². The van der Waals surface area contributed by atoms with Crippen molar-refractivity contribution in [2.24, 2.45) is 0 Å². The molecule has 0 radical (unpaired) electrons. The van der Waals surface area contributed by atoms with Gasteiger partial charge < -0.3 is 10.2 Å². The normalized spacial score (nSPS) is 25.9. The smallest absolute Gasteiger partial charge is 0.0997 e. The first-order valence-corrected chi connectivity index (χ1v) is 6.17. The molecule has 2 aliphatic heterocycles. The van der Waals surface area contributed by atoms with Crippen LogP contribution < -0.4 is 5.32 Å². The van der Waals surface area contributed by atoms with Gasteiger partial charge in [-0.1, -0.05) is 5.21 Å². The number of hydrogen-bond acceptors (Lipinski definition) is 4. The van der Waals surface area contributed by atoms with E-state index in [1.165, 1.54) is 25.1 Å². The fraction of sp³-hybridized carbons (Fsp3) is 0.818. The number of aromatic nitrogens is 3. The zero-order valence-corrected chi connectivity index (χ0v) is 9.82. The Labute approximate surface area is 95.8 Å². The number of likely N-dealkylation sites (N-methyl/N-ethyl adjacent to an activating group) is 1. The molecule has 1 saturated heterocycles. The lowest BCUT2D eigenvalue weighted by atomic mass is 10.1. The van der Waals surface area contributed by atoms with Crippen LogP contribution in [0.5, 0.6) is 0 Å². The van der Waals surface area contributed by atoms with Crippen molar-refractivity contribution in [3.8, 4) is 0 Å². The zero-order valence-electron chi connectivity index (χ0n) is 9.82. The van der Waals surface area contributed by atoms with Gasteiger partial charge in [0.25, 0.3) is 0 Å². The summed E-state index contributed by atoms with van der Waals surface area (Å²) in [6, 6.07) is 0.653. The molecule has 0 aromatic carbocycles. The van der Waals surface area contributed by atoms with Crippen LogP contribution in [-0.2, 0) is 19.5 Å². The Morgan fingerprint density at radius 2 is 2.44 bits per heavy atom. The molecule has 1 atom stereocenters. The van der Waals surface area contributed by atoms with Crippen molar-refractivity contribution in [2.75, 3.05) is 20.1 Å². The fourth-order valence-corrected chi connectivity index (χ4v) is 2.75. The van der Waals surface area contributed by atoms with Gasteiger partial charge in [0.2, 0.25) is 0 Å². The summed E-state index contributed by atoms with van der Waals surface area (Å²) in [5.41, 5.74) is 2.49. The minimum Gasteiger partial charge on any atom is -0.311 e. The maximum atomic E-state index is 4.30. The van der Waals surface area contributed by atoms with Gasteiger partial charge in [-0.25, -0.2) is 4.68 Å².